The number of nitrogens with zero attached hydrogens (tertiary/aromatic N) is 3. The van der Waals surface area contributed by atoms with Crippen molar-refractivity contribution >= 4 is 66.6 Å². The van der Waals surface area contributed by atoms with Crippen LogP contribution in [0.1, 0.15) is 0 Å². The van der Waals surface area contributed by atoms with Gasteiger partial charge in [-0.1, -0.05) is 128 Å². The molecule has 0 unspecified atom stereocenters. The second-order valence-corrected chi connectivity index (χ2v) is 20.7. The maximum Gasteiger partial charge on any atom is 0.0795 e. The summed E-state index contributed by atoms with van der Waals surface area (Å²) in [4.78, 5) is 9.77. The Morgan fingerprint density at radius 3 is 2.05 bits per heavy atom. The molecule has 3 heterocycles. The number of hydrogen-bond acceptors (Lipinski definition) is 3. The van der Waals surface area contributed by atoms with Crippen LogP contribution in [-0.4, -0.2) is 22.6 Å². The van der Waals surface area contributed by atoms with Crippen molar-refractivity contribution in [2.45, 2.75) is 19.6 Å². The minimum Gasteiger partial charge on any atom is -0.333 e. The molecule has 0 atom stereocenters. The van der Waals surface area contributed by atoms with E-state index in [1.165, 1.54) is 47.3 Å². The van der Waals surface area contributed by atoms with Crippen LogP contribution in [0.3, 0.4) is 0 Å². The van der Waals surface area contributed by atoms with Crippen molar-refractivity contribution in [3.63, 3.8) is 0 Å². The molecule has 0 amide bonds. The predicted octanol–water partition coefficient (Wildman–Crippen LogP) is 12.8. The molecule has 0 saturated heterocycles. The normalized spacial score (nSPS) is 11.4. The Balaban J connectivity index is 0.000000212. The summed E-state index contributed by atoms with van der Waals surface area (Å²) in [7, 11) is -1.23. The fourth-order valence-electron chi connectivity index (χ4n) is 7.03. The number of aromatic nitrogens is 3. The van der Waals surface area contributed by atoms with Crippen molar-refractivity contribution in [2.24, 2.45) is 0 Å². The zero-order valence-electron chi connectivity index (χ0n) is 30.7. The fraction of sp³-hybridized carbons (Fsp3) is 0.0612. The van der Waals surface area contributed by atoms with Crippen molar-refractivity contribution in [3.05, 3.63) is 182 Å². The molecule has 0 N–H and O–H groups in total. The number of imidazole rings is 1. The minimum atomic E-state index is -1.23. The van der Waals surface area contributed by atoms with Gasteiger partial charge in [-0.15, -0.1) is 54.1 Å². The molecule has 10 rings (SSSR count). The van der Waals surface area contributed by atoms with Gasteiger partial charge in [0.1, 0.15) is 0 Å². The molecule has 269 valence electrons. The Hall–Kier alpha value is -5.49. The van der Waals surface area contributed by atoms with Crippen LogP contribution in [0.25, 0.3) is 81.4 Å². The van der Waals surface area contributed by atoms with Crippen molar-refractivity contribution in [3.8, 4) is 39.5 Å². The first-order chi connectivity index (χ1) is 26.4. The van der Waals surface area contributed by atoms with Gasteiger partial charge in [0.05, 0.1) is 24.9 Å². The molecular formula is C49H37IrN3SSi-2. The Bertz CT molecular complexity index is 2890. The van der Waals surface area contributed by atoms with E-state index < -0.39 is 8.07 Å². The predicted molar refractivity (Wildman–Crippen MR) is 233 cm³/mol. The molecule has 10 aromatic rings. The average molecular weight is 920 g/mol. The first-order valence-electron chi connectivity index (χ1n) is 18.2. The van der Waals surface area contributed by atoms with Crippen molar-refractivity contribution in [1.29, 1.82) is 0 Å². The van der Waals surface area contributed by atoms with E-state index in [4.69, 9.17) is 4.98 Å². The van der Waals surface area contributed by atoms with Crippen molar-refractivity contribution < 1.29 is 20.1 Å². The van der Waals surface area contributed by atoms with E-state index in [1.807, 2.05) is 47.9 Å². The maximum atomic E-state index is 5.25. The standard InChI is InChI=1S/C35H21N2S.C14H16NSi.Ir/c1-2-9-23(10-3-1)24-17-19-27(20-18-24)37-32-22-26-12-5-4-11-25(26)21-31(32)36-35(37)30-15-8-14-29-28-13-6-7-16-33(28)38-34(29)30;1-16(2,3)13-9-10-14(15-11-13)12-7-5-4-6-8-12;/h1-14,16-22H;4-7,9-11H,1-3H3;/q2*-1;. The summed E-state index contributed by atoms with van der Waals surface area (Å²) in [5.74, 6) is 0.917. The van der Waals surface area contributed by atoms with E-state index in [0.717, 1.165) is 39.4 Å². The van der Waals surface area contributed by atoms with Crippen LogP contribution in [0.2, 0.25) is 19.6 Å². The molecule has 0 aliphatic heterocycles. The molecule has 1 radical (unpaired) electrons. The summed E-state index contributed by atoms with van der Waals surface area (Å²) in [6.07, 6.45) is 2.02. The van der Waals surface area contributed by atoms with Gasteiger partial charge in [0.25, 0.3) is 0 Å². The molecule has 3 nitrogen and oxygen atoms in total. The smallest absolute Gasteiger partial charge is 0.0795 e. The van der Waals surface area contributed by atoms with E-state index in [0.29, 0.717) is 0 Å². The summed E-state index contributed by atoms with van der Waals surface area (Å²) < 4.78 is 4.80. The van der Waals surface area contributed by atoms with Crippen LogP contribution in [0.4, 0.5) is 0 Å². The monoisotopic (exact) mass is 920 g/mol. The second kappa shape index (κ2) is 15.3. The Kier molecular flexibility index (Phi) is 10.2. The topological polar surface area (TPSA) is 30.7 Å². The molecule has 3 aromatic heterocycles. The first-order valence-corrected chi connectivity index (χ1v) is 22.6. The number of thiophene rings is 1. The molecule has 0 saturated carbocycles. The number of hydrogen-bond donors (Lipinski definition) is 0. The zero-order chi connectivity index (χ0) is 36.6. The number of fused-ring (bicyclic) bond motifs is 5. The second-order valence-electron chi connectivity index (χ2n) is 14.5. The number of rotatable bonds is 5. The third-order valence-corrected chi connectivity index (χ3v) is 13.2. The summed E-state index contributed by atoms with van der Waals surface area (Å²) in [6, 6.07) is 64.1. The molecule has 0 bridgehead atoms. The molecule has 55 heavy (non-hydrogen) atoms. The van der Waals surface area contributed by atoms with Gasteiger partial charge in [-0.3, -0.25) is 4.98 Å². The van der Waals surface area contributed by atoms with Crippen molar-refractivity contribution in [2.75, 3.05) is 0 Å². The van der Waals surface area contributed by atoms with E-state index in [1.54, 1.807) is 0 Å². The summed E-state index contributed by atoms with van der Waals surface area (Å²) in [5, 5.41) is 6.33. The third-order valence-electron chi connectivity index (χ3n) is 9.93. The molecule has 0 fully saturated rings. The van der Waals surface area contributed by atoms with Gasteiger partial charge in [-0.05, 0) is 73.2 Å². The van der Waals surface area contributed by atoms with E-state index in [-0.39, 0.29) is 20.1 Å². The van der Waals surface area contributed by atoms with Gasteiger partial charge in [-0.25, -0.2) is 0 Å². The van der Waals surface area contributed by atoms with Gasteiger partial charge in [0, 0.05) is 36.7 Å². The fourth-order valence-corrected chi connectivity index (χ4v) is 9.26. The van der Waals surface area contributed by atoms with Crippen LogP contribution in [0.15, 0.2) is 170 Å². The molecule has 0 aliphatic carbocycles. The zero-order valence-corrected chi connectivity index (χ0v) is 35.0. The first kappa shape index (κ1) is 36.5. The van der Waals surface area contributed by atoms with Gasteiger partial charge < -0.3 is 9.55 Å². The summed E-state index contributed by atoms with van der Waals surface area (Å²) in [5.41, 5.74) is 8.68. The van der Waals surface area contributed by atoms with E-state index in [2.05, 4.69) is 175 Å². The van der Waals surface area contributed by atoms with Gasteiger partial charge in [0.15, 0.2) is 0 Å². The third kappa shape index (κ3) is 7.22. The SMILES string of the molecule is C[Si](C)(C)c1ccc(-c2[c-]cccc2)nc1.[Ir].[c-]1ccc2c(sc3ccccc32)c1-c1nc2cc3ccccc3cc2n1-c1ccc(-c2ccccc2)cc1. The molecule has 7 aromatic carbocycles. The van der Waals surface area contributed by atoms with E-state index in [9.17, 15) is 0 Å². The number of benzene rings is 7. The van der Waals surface area contributed by atoms with E-state index >= 15 is 0 Å². The van der Waals surface area contributed by atoms with Gasteiger partial charge in [0.2, 0.25) is 0 Å². The largest absolute Gasteiger partial charge is 0.333 e. The maximum absolute atomic E-state index is 5.25. The Morgan fingerprint density at radius 2 is 1.33 bits per heavy atom. The average Bonchev–Trinajstić information content (AvgIpc) is 3.79. The Labute approximate surface area is 340 Å². The number of pyridine rings is 1. The van der Waals surface area contributed by atoms with Gasteiger partial charge >= 0.3 is 0 Å². The van der Waals surface area contributed by atoms with Crippen LogP contribution >= 0.6 is 11.3 Å². The van der Waals surface area contributed by atoms with Crippen LogP contribution in [-0.2, 0) is 20.1 Å². The molecule has 0 aliphatic rings. The summed E-state index contributed by atoms with van der Waals surface area (Å²) in [6.45, 7) is 7.00. The Morgan fingerprint density at radius 1 is 0.618 bits per heavy atom. The van der Waals surface area contributed by atoms with Crippen LogP contribution < -0.4 is 5.19 Å². The van der Waals surface area contributed by atoms with Crippen molar-refractivity contribution in [1.82, 2.24) is 14.5 Å². The van der Waals surface area contributed by atoms with Crippen LogP contribution in [0.5, 0.6) is 0 Å². The molecule has 6 heteroatoms. The molecule has 0 spiro atoms. The van der Waals surface area contributed by atoms with Gasteiger partial charge in [-0.2, -0.15) is 11.3 Å². The quantitative estimate of drug-likeness (QED) is 0.127. The van der Waals surface area contributed by atoms with Crippen LogP contribution in [0, 0.1) is 12.1 Å². The minimum absolute atomic E-state index is 0. The molecular weight excluding hydrogens is 883 g/mol. The summed E-state index contributed by atoms with van der Waals surface area (Å²) >= 11 is 1.82.